The Hall–Kier alpha value is -3.33. The summed E-state index contributed by atoms with van der Waals surface area (Å²) in [5.74, 6) is 1.26. The van der Waals surface area contributed by atoms with E-state index in [1.165, 1.54) is 18.7 Å². The number of fused-ring (bicyclic) bond motifs is 3. The minimum absolute atomic E-state index is 0.198. The fraction of sp³-hybridized carbons (Fsp3) is 0.238. The lowest BCUT2D eigenvalue weighted by Gasteiger charge is -2.30. The molecule has 1 aliphatic heterocycles. The minimum atomic E-state index is -0.822. The van der Waals surface area contributed by atoms with Gasteiger partial charge < -0.3 is 14.2 Å². The predicted octanol–water partition coefficient (Wildman–Crippen LogP) is 3.72. The van der Waals surface area contributed by atoms with Gasteiger partial charge in [0.05, 0.1) is 25.5 Å². The van der Waals surface area contributed by atoms with E-state index in [4.69, 9.17) is 14.2 Å². The van der Waals surface area contributed by atoms with E-state index in [-0.39, 0.29) is 5.91 Å². The van der Waals surface area contributed by atoms with Crippen LogP contribution in [0.15, 0.2) is 47.6 Å². The van der Waals surface area contributed by atoms with Crippen LogP contribution in [0.3, 0.4) is 0 Å². The van der Waals surface area contributed by atoms with Crippen LogP contribution in [0.5, 0.6) is 17.4 Å². The zero-order chi connectivity index (χ0) is 21.3. The van der Waals surface area contributed by atoms with E-state index in [1.807, 2.05) is 36.6 Å². The Morgan fingerprint density at radius 1 is 1.13 bits per heavy atom. The number of para-hydroxylation sites is 1. The van der Waals surface area contributed by atoms with Gasteiger partial charge in [-0.05, 0) is 24.5 Å². The van der Waals surface area contributed by atoms with Crippen molar-refractivity contribution in [1.82, 2.24) is 15.2 Å². The molecule has 8 nitrogen and oxygen atoms in total. The van der Waals surface area contributed by atoms with Crippen molar-refractivity contribution in [3.8, 4) is 28.6 Å². The van der Waals surface area contributed by atoms with Crippen molar-refractivity contribution in [1.29, 1.82) is 0 Å². The average Bonchev–Trinajstić information content (AvgIpc) is 2.92. The molecule has 1 atom stereocenters. The maximum atomic E-state index is 12.8. The molecule has 4 rings (SSSR count). The number of hydrogen-bond donors (Lipinski definition) is 0. The molecule has 3 aromatic rings. The third-order valence-corrected chi connectivity index (χ3v) is 5.28. The smallest absolute Gasteiger partial charge is 0.247 e. The summed E-state index contributed by atoms with van der Waals surface area (Å²) in [5.41, 5.74) is 2.50. The summed E-state index contributed by atoms with van der Waals surface area (Å²) in [7, 11) is 3.14. The highest BCUT2D eigenvalue weighted by Gasteiger charge is 2.36. The third kappa shape index (κ3) is 3.41. The number of nitrogens with zero attached hydrogens (tertiary/aromatic N) is 4. The summed E-state index contributed by atoms with van der Waals surface area (Å²) in [6.07, 6.45) is 1.04. The van der Waals surface area contributed by atoms with Crippen molar-refractivity contribution < 1.29 is 19.0 Å². The average molecular weight is 424 g/mol. The van der Waals surface area contributed by atoms with Crippen LogP contribution >= 0.6 is 11.8 Å². The zero-order valence-electron chi connectivity index (χ0n) is 16.9. The summed E-state index contributed by atoms with van der Waals surface area (Å²) in [5, 5.41) is 8.96. The molecule has 0 bridgehead atoms. The molecular weight excluding hydrogens is 404 g/mol. The Balaban J connectivity index is 1.97. The number of carbonyl (C=O) groups excluding carboxylic acids is 1. The molecule has 30 heavy (non-hydrogen) atoms. The first-order valence-electron chi connectivity index (χ1n) is 9.13. The largest absolute Gasteiger partial charge is 0.497 e. The van der Waals surface area contributed by atoms with Crippen molar-refractivity contribution in [2.24, 2.45) is 0 Å². The Kier molecular flexibility index (Phi) is 5.45. The molecule has 0 unspecified atom stereocenters. The molecule has 0 N–H and O–H groups in total. The van der Waals surface area contributed by atoms with E-state index in [9.17, 15) is 4.79 Å². The Morgan fingerprint density at radius 2 is 1.93 bits per heavy atom. The Labute approximate surface area is 178 Å². The zero-order valence-corrected chi connectivity index (χ0v) is 17.8. The second-order valence-electron chi connectivity index (χ2n) is 6.44. The van der Waals surface area contributed by atoms with Gasteiger partial charge in [0.15, 0.2) is 5.69 Å². The number of methoxy groups -OCH3 is 2. The van der Waals surface area contributed by atoms with Gasteiger partial charge >= 0.3 is 0 Å². The lowest BCUT2D eigenvalue weighted by Crippen LogP contribution is -2.36. The number of rotatable bonds is 4. The van der Waals surface area contributed by atoms with Crippen LogP contribution in [0.1, 0.15) is 18.7 Å². The number of ether oxygens (including phenoxy) is 3. The fourth-order valence-corrected chi connectivity index (χ4v) is 3.66. The Bertz CT molecular complexity index is 1110. The van der Waals surface area contributed by atoms with Crippen LogP contribution in [0.4, 0.5) is 5.69 Å². The molecule has 154 valence electrons. The summed E-state index contributed by atoms with van der Waals surface area (Å²) in [4.78, 5) is 18.9. The first-order valence-corrected chi connectivity index (χ1v) is 10.4. The summed E-state index contributed by atoms with van der Waals surface area (Å²) in [6.45, 7) is 1.49. The van der Waals surface area contributed by atoms with Gasteiger partial charge in [-0.1, -0.05) is 30.0 Å². The SMILES string of the molecule is COc1ccc([C@H]2Oc3nc(SC)nnc3-c3ccccc3N2C(C)=O)c(OC)c1. The van der Waals surface area contributed by atoms with E-state index in [0.29, 0.717) is 45.0 Å². The van der Waals surface area contributed by atoms with Gasteiger partial charge in [-0.3, -0.25) is 9.69 Å². The molecule has 9 heteroatoms. The van der Waals surface area contributed by atoms with E-state index >= 15 is 0 Å². The highest BCUT2D eigenvalue weighted by atomic mass is 32.2. The van der Waals surface area contributed by atoms with Crippen molar-refractivity contribution in [3.63, 3.8) is 0 Å². The molecule has 1 aliphatic rings. The van der Waals surface area contributed by atoms with Crippen LogP contribution in [0.2, 0.25) is 0 Å². The van der Waals surface area contributed by atoms with Crippen LogP contribution in [-0.2, 0) is 4.79 Å². The van der Waals surface area contributed by atoms with E-state index in [0.717, 1.165) is 0 Å². The van der Waals surface area contributed by atoms with E-state index < -0.39 is 6.23 Å². The lowest BCUT2D eigenvalue weighted by molar-refractivity contribution is -0.118. The van der Waals surface area contributed by atoms with Gasteiger partial charge in [0.2, 0.25) is 23.2 Å². The van der Waals surface area contributed by atoms with Gasteiger partial charge in [0, 0.05) is 18.6 Å². The number of thioether (sulfide) groups is 1. The molecule has 2 heterocycles. The van der Waals surface area contributed by atoms with Crippen LogP contribution in [-0.4, -0.2) is 41.6 Å². The van der Waals surface area contributed by atoms with E-state index in [1.54, 1.807) is 31.3 Å². The standard InChI is InChI=1S/C21H20N4O4S/c1-12(26)25-16-8-6-5-7-14(16)18-19(22-21(30-4)24-23-18)29-20(25)15-10-9-13(27-2)11-17(15)28-3/h5-11,20H,1-4H3/t20-/m1/s1. The number of amides is 1. The highest BCUT2D eigenvalue weighted by Crippen LogP contribution is 2.45. The molecule has 0 fully saturated rings. The molecule has 0 spiro atoms. The number of carbonyl (C=O) groups is 1. The van der Waals surface area contributed by atoms with Gasteiger partial charge in [0.1, 0.15) is 11.5 Å². The van der Waals surface area contributed by atoms with Gasteiger partial charge in [0.25, 0.3) is 0 Å². The van der Waals surface area contributed by atoms with E-state index in [2.05, 4.69) is 15.2 Å². The van der Waals surface area contributed by atoms with Crippen molar-refractivity contribution in [2.45, 2.75) is 18.3 Å². The second-order valence-corrected chi connectivity index (χ2v) is 7.21. The first-order chi connectivity index (χ1) is 14.6. The molecular formula is C21H20N4O4S. The summed E-state index contributed by atoms with van der Waals surface area (Å²) >= 11 is 1.36. The molecule has 2 aromatic carbocycles. The van der Waals surface area contributed by atoms with Crippen molar-refractivity contribution in [2.75, 3.05) is 25.4 Å². The van der Waals surface area contributed by atoms with Crippen LogP contribution in [0.25, 0.3) is 11.3 Å². The quantitative estimate of drug-likeness (QED) is 0.586. The minimum Gasteiger partial charge on any atom is -0.497 e. The Morgan fingerprint density at radius 3 is 2.63 bits per heavy atom. The van der Waals surface area contributed by atoms with Crippen molar-refractivity contribution >= 4 is 23.4 Å². The maximum absolute atomic E-state index is 12.8. The van der Waals surface area contributed by atoms with Crippen LogP contribution in [0, 0.1) is 0 Å². The first kappa shape index (κ1) is 20.0. The number of aromatic nitrogens is 3. The number of benzene rings is 2. The van der Waals surface area contributed by atoms with Crippen LogP contribution < -0.4 is 19.1 Å². The normalized spacial score (nSPS) is 14.8. The number of anilines is 1. The topological polar surface area (TPSA) is 86.7 Å². The molecule has 0 radical (unpaired) electrons. The molecule has 0 aliphatic carbocycles. The monoisotopic (exact) mass is 424 g/mol. The molecule has 0 saturated carbocycles. The molecule has 1 aromatic heterocycles. The number of hydrogen-bond acceptors (Lipinski definition) is 8. The summed E-state index contributed by atoms with van der Waals surface area (Å²) in [6, 6.07) is 12.8. The summed E-state index contributed by atoms with van der Waals surface area (Å²) < 4.78 is 17.2. The highest BCUT2D eigenvalue weighted by molar-refractivity contribution is 7.98. The van der Waals surface area contributed by atoms with Crippen molar-refractivity contribution in [3.05, 3.63) is 48.0 Å². The molecule has 1 amide bonds. The molecule has 0 saturated heterocycles. The third-order valence-electron chi connectivity index (χ3n) is 4.74. The van der Waals surface area contributed by atoms with Gasteiger partial charge in [-0.25, -0.2) is 0 Å². The lowest BCUT2D eigenvalue weighted by atomic mass is 10.1. The predicted molar refractivity (Wildman–Crippen MR) is 113 cm³/mol. The second kappa shape index (κ2) is 8.19. The van der Waals surface area contributed by atoms with Gasteiger partial charge in [-0.15, -0.1) is 10.2 Å². The maximum Gasteiger partial charge on any atom is 0.247 e. The fourth-order valence-electron chi connectivity index (χ4n) is 3.36. The van der Waals surface area contributed by atoms with Gasteiger partial charge in [-0.2, -0.15) is 4.98 Å².